The molecule has 0 saturated carbocycles. The Hall–Kier alpha value is -1.64. The van der Waals surface area contributed by atoms with Gasteiger partial charge in [0.15, 0.2) is 0 Å². The van der Waals surface area contributed by atoms with E-state index in [0.29, 0.717) is 12.8 Å². The summed E-state index contributed by atoms with van der Waals surface area (Å²) in [5.74, 6) is -1.72. The molecule has 1 aromatic rings. The van der Waals surface area contributed by atoms with Crippen LogP contribution in [0.5, 0.6) is 0 Å². The molecule has 0 unspecified atom stereocenters. The van der Waals surface area contributed by atoms with Crippen molar-refractivity contribution in [2.45, 2.75) is 31.3 Å². The predicted molar refractivity (Wildman–Crippen MR) is 83.6 cm³/mol. The Morgan fingerprint density at radius 1 is 1.43 bits per heavy atom. The second kappa shape index (κ2) is 6.88. The molecule has 0 radical (unpaired) electrons. The van der Waals surface area contributed by atoms with Crippen LogP contribution in [-0.2, 0) is 20.8 Å². The lowest BCUT2D eigenvalue weighted by atomic mass is 10.1. The SMILES string of the molecule is O=C1CC[C@H](C(=O)N[C@H](Cc2ccccc2I)C(=O)O)N1. The van der Waals surface area contributed by atoms with Crippen molar-refractivity contribution in [1.29, 1.82) is 0 Å². The highest BCUT2D eigenvalue weighted by molar-refractivity contribution is 14.1. The van der Waals surface area contributed by atoms with Crippen molar-refractivity contribution >= 4 is 40.4 Å². The second-order valence-corrected chi connectivity index (χ2v) is 6.02. The van der Waals surface area contributed by atoms with Crippen molar-refractivity contribution in [2.24, 2.45) is 0 Å². The second-order valence-electron chi connectivity index (χ2n) is 4.85. The van der Waals surface area contributed by atoms with Crippen LogP contribution in [0.4, 0.5) is 0 Å². The number of carbonyl (C=O) groups is 3. The van der Waals surface area contributed by atoms with Crippen LogP contribution in [0.3, 0.4) is 0 Å². The van der Waals surface area contributed by atoms with Gasteiger partial charge >= 0.3 is 5.97 Å². The van der Waals surface area contributed by atoms with Gasteiger partial charge in [-0.3, -0.25) is 9.59 Å². The molecule has 1 aromatic carbocycles. The zero-order chi connectivity index (χ0) is 15.4. The fourth-order valence-electron chi connectivity index (χ4n) is 2.17. The summed E-state index contributed by atoms with van der Waals surface area (Å²) >= 11 is 2.13. The maximum atomic E-state index is 12.0. The minimum absolute atomic E-state index is 0.181. The molecular formula is C14H15IN2O4. The van der Waals surface area contributed by atoms with Crippen LogP contribution in [0.25, 0.3) is 0 Å². The third kappa shape index (κ3) is 4.16. The molecule has 2 rings (SSSR count). The van der Waals surface area contributed by atoms with Crippen molar-refractivity contribution in [3.63, 3.8) is 0 Å². The van der Waals surface area contributed by atoms with Crippen LogP contribution in [0.1, 0.15) is 18.4 Å². The van der Waals surface area contributed by atoms with E-state index in [1.165, 1.54) is 0 Å². The van der Waals surface area contributed by atoms with E-state index in [1.54, 1.807) is 0 Å². The number of rotatable bonds is 5. The highest BCUT2D eigenvalue weighted by Crippen LogP contribution is 2.14. The Morgan fingerprint density at radius 3 is 2.71 bits per heavy atom. The molecule has 3 N–H and O–H groups in total. The predicted octanol–water partition coefficient (Wildman–Crippen LogP) is 0.682. The number of amides is 2. The number of hydrogen-bond acceptors (Lipinski definition) is 3. The third-order valence-corrected chi connectivity index (χ3v) is 4.36. The number of benzene rings is 1. The summed E-state index contributed by atoms with van der Waals surface area (Å²) in [5.41, 5.74) is 0.862. The number of carbonyl (C=O) groups excluding carboxylic acids is 2. The van der Waals surface area contributed by atoms with Crippen molar-refractivity contribution < 1.29 is 19.5 Å². The van der Waals surface area contributed by atoms with Crippen LogP contribution in [0, 0.1) is 3.57 Å². The van der Waals surface area contributed by atoms with E-state index in [1.807, 2.05) is 24.3 Å². The average Bonchev–Trinajstić information content (AvgIpc) is 2.87. The van der Waals surface area contributed by atoms with Gasteiger partial charge in [0.05, 0.1) is 0 Å². The summed E-state index contributed by atoms with van der Waals surface area (Å²) in [6.45, 7) is 0. The van der Waals surface area contributed by atoms with Crippen molar-refractivity contribution in [3.05, 3.63) is 33.4 Å². The summed E-state index contributed by atoms with van der Waals surface area (Å²) in [6, 6.07) is 5.78. The summed E-state index contributed by atoms with van der Waals surface area (Å²) < 4.78 is 0.949. The minimum atomic E-state index is -1.09. The third-order valence-electron chi connectivity index (χ3n) is 3.31. The smallest absolute Gasteiger partial charge is 0.326 e. The molecule has 112 valence electrons. The molecule has 0 aliphatic carbocycles. The van der Waals surface area contributed by atoms with E-state index in [4.69, 9.17) is 0 Å². The van der Waals surface area contributed by atoms with Gasteiger partial charge < -0.3 is 15.7 Å². The van der Waals surface area contributed by atoms with E-state index >= 15 is 0 Å². The molecule has 0 aromatic heterocycles. The summed E-state index contributed by atoms with van der Waals surface area (Å²) in [6.07, 6.45) is 0.910. The molecule has 2 amide bonds. The van der Waals surface area contributed by atoms with Crippen molar-refractivity contribution in [2.75, 3.05) is 0 Å². The molecule has 0 bridgehead atoms. The number of halogens is 1. The average molecular weight is 402 g/mol. The van der Waals surface area contributed by atoms with Gasteiger partial charge in [0, 0.05) is 16.4 Å². The molecule has 21 heavy (non-hydrogen) atoms. The van der Waals surface area contributed by atoms with Gasteiger partial charge in [-0.05, 0) is 40.6 Å². The molecule has 7 heteroatoms. The highest BCUT2D eigenvalue weighted by Gasteiger charge is 2.30. The molecule has 1 fully saturated rings. The molecule has 6 nitrogen and oxygen atoms in total. The van der Waals surface area contributed by atoms with Crippen LogP contribution in [0.15, 0.2) is 24.3 Å². The lowest BCUT2D eigenvalue weighted by Gasteiger charge is -2.18. The van der Waals surface area contributed by atoms with Gasteiger partial charge in [0.1, 0.15) is 12.1 Å². The Balaban J connectivity index is 2.03. The first-order chi connectivity index (χ1) is 9.97. The largest absolute Gasteiger partial charge is 0.480 e. The van der Waals surface area contributed by atoms with E-state index < -0.39 is 24.0 Å². The standard InChI is InChI=1S/C14H15IN2O4/c15-9-4-2-1-3-8(9)7-11(14(20)21)17-13(19)10-5-6-12(18)16-10/h1-4,10-11H,5-7H2,(H,16,18)(H,17,19)(H,20,21)/t10-,11-/m1/s1. The van der Waals surface area contributed by atoms with E-state index in [-0.39, 0.29) is 12.3 Å². The normalized spacial score (nSPS) is 18.9. The number of hydrogen-bond donors (Lipinski definition) is 3. The van der Waals surface area contributed by atoms with E-state index in [2.05, 4.69) is 33.2 Å². The van der Waals surface area contributed by atoms with Gasteiger partial charge in [-0.1, -0.05) is 18.2 Å². The topological polar surface area (TPSA) is 95.5 Å². The molecule has 1 saturated heterocycles. The number of carboxylic acids is 1. The summed E-state index contributed by atoms with van der Waals surface area (Å²) in [5, 5.41) is 14.3. The zero-order valence-electron chi connectivity index (χ0n) is 11.1. The number of carboxylic acid groups (broad SMARTS) is 1. The van der Waals surface area contributed by atoms with Gasteiger partial charge in [0.2, 0.25) is 11.8 Å². The fraction of sp³-hybridized carbons (Fsp3) is 0.357. The molecular weight excluding hydrogens is 387 g/mol. The molecule has 1 aliphatic heterocycles. The Labute approximate surface area is 135 Å². The first kappa shape index (κ1) is 15.7. The van der Waals surface area contributed by atoms with Gasteiger partial charge in [-0.15, -0.1) is 0 Å². The first-order valence-corrected chi connectivity index (χ1v) is 7.61. The van der Waals surface area contributed by atoms with Crippen LogP contribution in [0.2, 0.25) is 0 Å². The van der Waals surface area contributed by atoms with Crippen molar-refractivity contribution in [1.82, 2.24) is 10.6 Å². The number of nitrogens with one attached hydrogen (secondary N) is 2. The Morgan fingerprint density at radius 2 is 2.14 bits per heavy atom. The molecule has 2 atom stereocenters. The van der Waals surface area contributed by atoms with Crippen LogP contribution >= 0.6 is 22.6 Å². The molecule has 1 aliphatic rings. The summed E-state index contributed by atoms with van der Waals surface area (Å²) in [4.78, 5) is 34.4. The molecule has 1 heterocycles. The lowest BCUT2D eigenvalue weighted by molar-refractivity contribution is -0.142. The highest BCUT2D eigenvalue weighted by atomic mass is 127. The summed E-state index contributed by atoms with van der Waals surface area (Å²) in [7, 11) is 0. The minimum Gasteiger partial charge on any atom is -0.480 e. The maximum absolute atomic E-state index is 12.0. The zero-order valence-corrected chi connectivity index (χ0v) is 13.3. The van der Waals surface area contributed by atoms with Gasteiger partial charge in [0.25, 0.3) is 0 Å². The first-order valence-electron chi connectivity index (χ1n) is 6.53. The maximum Gasteiger partial charge on any atom is 0.326 e. The van der Waals surface area contributed by atoms with Crippen molar-refractivity contribution in [3.8, 4) is 0 Å². The quantitative estimate of drug-likeness (QED) is 0.632. The lowest BCUT2D eigenvalue weighted by Crippen LogP contribution is -2.49. The molecule has 0 spiro atoms. The van der Waals surface area contributed by atoms with E-state index in [9.17, 15) is 19.5 Å². The number of aliphatic carboxylic acids is 1. The van der Waals surface area contributed by atoms with Crippen LogP contribution in [-0.4, -0.2) is 35.0 Å². The Bertz CT molecular complexity index is 576. The Kier molecular flexibility index (Phi) is 5.16. The monoisotopic (exact) mass is 402 g/mol. The van der Waals surface area contributed by atoms with Crippen LogP contribution < -0.4 is 10.6 Å². The van der Waals surface area contributed by atoms with E-state index in [0.717, 1.165) is 9.13 Å². The fourth-order valence-corrected chi connectivity index (χ4v) is 2.77. The van der Waals surface area contributed by atoms with Gasteiger partial charge in [-0.25, -0.2) is 4.79 Å². The van der Waals surface area contributed by atoms with Gasteiger partial charge in [-0.2, -0.15) is 0 Å².